The van der Waals surface area contributed by atoms with E-state index in [1.54, 1.807) is 0 Å². The molecular weight excluding hydrogens is 201 g/mol. The minimum absolute atomic E-state index is 0.756. The molecule has 1 aliphatic rings. The first-order chi connectivity index (χ1) is 3.39. The maximum Gasteiger partial charge on any atom is 0.0593 e. The number of nitrogens with one attached hydrogen (secondary N) is 1. The highest BCUT2D eigenvalue weighted by molar-refractivity contribution is 14.1. The molecule has 0 aromatic heterocycles. The van der Waals surface area contributed by atoms with Crippen molar-refractivity contribution in [3.05, 3.63) is 0 Å². The van der Waals surface area contributed by atoms with Gasteiger partial charge in [-0.15, -0.1) is 0 Å². The van der Waals surface area contributed by atoms with Crippen LogP contribution in [-0.4, -0.2) is 10.6 Å². The van der Waals surface area contributed by atoms with Gasteiger partial charge in [-0.05, 0) is 25.8 Å². The number of piperidine rings is 1. The van der Waals surface area contributed by atoms with Gasteiger partial charge < -0.3 is 5.32 Å². The second-order valence-corrected chi connectivity index (χ2v) is 3.42. The smallest absolute Gasteiger partial charge is 0.0593 e. The van der Waals surface area contributed by atoms with Gasteiger partial charge in [-0.25, -0.2) is 0 Å². The van der Waals surface area contributed by atoms with Crippen molar-refractivity contribution in [3.63, 3.8) is 0 Å². The fourth-order valence-electron chi connectivity index (χ4n) is 0.809. The standard InChI is InChI=1S/C5H10IN/c6-5-3-1-2-4-7-5/h5,7H,1-4H2. The average Bonchev–Trinajstić information content (AvgIpc) is 1.69. The highest BCUT2D eigenvalue weighted by Crippen LogP contribution is 2.11. The molecule has 1 aliphatic heterocycles. The molecular formula is C5H10IN. The molecule has 42 valence electrons. The van der Waals surface area contributed by atoms with Crippen LogP contribution >= 0.6 is 22.6 Å². The second-order valence-electron chi connectivity index (χ2n) is 1.92. The van der Waals surface area contributed by atoms with E-state index in [1.165, 1.54) is 25.8 Å². The molecule has 0 radical (unpaired) electrons. The Labute approximate surface area is 58.0 Å². The summed E-state index contributed by atoms with van der Waals surface area (Å²) in [6.45, 7) is 1.23. The summed E-state index contributed by atoms with van der Waals surface area (Å²) in [7, 11) is 0. The summed E-state index contributed by atoms with van der Waals surface area (Å²) in [5, 5.41) is 3.37. The van der Waals surface area contributed by atoms with Crippen LogP contribution in [-0.2, 0) is 0 Å². The lowest BCUT2D eigenvalue weighted by Crippen LogP contribution is -2.28. The first-order valence-corrected chi connectivity index (χ1v) is 4.01. The molecule has 0 saturated carbocycles. The van der Waals surface area contributed by atoms with Crippen LogP contribution in [0.25, 0.3) is 0 Å². The predicted molar refractivity (Wildman–Crippen MR) is 39.7 cm³/mol. The van der Waals surface area contributed by atoms with Crippen LogP contribution in [0, 0.1) is 0 Å². The molecule has 0 amide bonds. The summed E-state index contributed by atoms with van der Waals surface area (Å²) in [6.07, 6.45) is 4.15. The number of alkyl halides is 1. The highest BCUT2D eigenvalue weighted by Gasteiger charge is 2.05. The zero-order valence-electron chi connectivity index (χ0n) is 4.28. The SMILES string of the molecule is IC1CCCCN1. The fraction of sp³-hybridized carbons (Fsp3) is 1.00. The molecule has 1 unspecified atom stereocenters. The minimum Gasteiger partial charge on any atom is -0.305 e. The van der Waals surface area contributed by atoms with Crippen molar-refractivity contribution in [1.82, 2.24) is 5.32 Å². The summed E-state index contributed by atoms with van der Waals surface area (Å²) in [4.78, 5) is 0. The first kappa shape index (κ1) is 5.82. The molecule has 1 saturated heterocycles. The Morgan fingerprint density at radius 3 is 2.57 bits per heavy atom. The molecule has 1 nitrogen and oxygen atoms in total. The van der Waals surface area contributed by atoms with Crippen LogP contribution in [0.5, 0.6) is 0 Å². The summed E-state index contributed by atoms with van der Waals surface area (Å²) in [5.41, 5.74) is 0. The van der Waals surface area contributed by atoms with Crippen molar-refractivity contribution in [1.29, 1.82) is 0 Å². The lowest BCUT2D eigenvalue weighted by Gasteiger charge is -2.16. The van der Waals surface area contributed by atoms with Crippen LogP contribution in [0.4, 0.5) is 0 Å². The number of hydrogen-bond acceptors (Lipinski definition) is 1. The van der Waals surface area contributed by atoms with E-state index in [-0.39, 0.29) is 0 Å². The second kappa shape index (κ2) is 2.87. The van der Waals surface area contributed by atoms with E-state index in [2.05, 4.69) is 27.9 Å². The number of halogens is 1. The zero-order valence-corrected chi connectivity index (χ0v) is 6.44. The summed E-state index contributed by atoms with van der Waals surface area (Å²) in [6, 6.07) is 0. The summed E-state index contributed by atoms with van der Waals surface area (Å²) in [5.74, 6) is 0. The number of hydrogen-bond donors (Lipinski definition) is 1. The molecule has 2 heteroatoms. The fourth-order valence-corrected chi connectivity index (χ4v) is 1.56. The van der Waals surface area contributed by atoms with Gasteiger partial charge in [0.05, 0.1) is 4.05 Å². The van der Waals surface area contributed by atoms with E-state index in [0.717, 1.165) is 4.05 Å². The Balaban J connectivity index is 2.12. The largest absolute Gasteiger partial charge is 0.305 e. The molecule has 1 N–H and O–H groups in total. The van der Waals surface area contributed by atoms with Crippen LogP contribution in [0.2, 0.25) is 0 Å². The van der Waals surface area contributed by atoms with Crippen LogP contribution in [0.15, 0.2) is 0 Å². The Morgan fingerprint density at radius 1 is 1.43 bits per heavy atom. The zero-order chi connectivity index (χ0) is 5.11. The van der Waals surface area contributed by atoms with Crippen LogP contribution in [0.1, 0.15) is 19.3 Å². The summed E-state index contributed by atoms with van der Waals surface area (Å²) < 4.78 is 0.756. The van der Waals surface area contributed by atoms with E-state index in [9.17, 15) is 0 Å². The van der Waals surface area contributed by atoms with Crippen LogP contribution < -0.4 is 5.32 Å². The van der Waals surface area contributed by atoms with Crippen LogP contribution in [0.3, 0.4) is 0 Å². The van der Waals surface area contributed by atoms with Crippen molar-refractivity contribution < 1.29 is 0 Å². The molecule has 1 rings (SSSR count). The first-order valence-electron chi connectivity index (χ1n) is 2.77. The molecule has 1 heterocycles. The monoisotopic (exact) mass is 211 g/mol. The Hall–Kier alpha value is 0.690. The van der Waals surface area contributed by atoms with E-state index in [0.29, 0.717) is 0 Å². The average molecular weight is 211 g/mol. The van der Waals surface area contributed by atoms with Gasteiger partial charge in [0.25, 0.3) is 0 Å². The van der Waals surface area contributed by atoms with Gasteiger partial charge in [0.2, 0.25) is 0 Å². The van der Waals surface area contributed by atoms with Gasteiger partial charge in [0.1, 0.15) is 0 Å². The minimum atomic E-state index is 0.756. The van der Waals surface area contributed by atoms with Crippen molar-refractivity contribution in [2.24, 2.45) is 0 Å². The Bertz CT molecular complexity index is 50.0. The third-order valence-electron chi connectivity index (χ3n) is 1.25. The van der Waals surface area contributed by atoms with Crippen molar-refractivity contribution in [2.45, 2.75) is 23.3 Å². The van der Waals surface area contributed by atoms with Crippen molar-refractivity contribution in [2.75, 3.05) is 6.54 Å². The Morgan fingerprint density at radius 2 is 2.29 bits per heavy atom. The van der Waals surface area contributed by atoms with Gasteiger partial charge in [0.15, 0.2) is 0 Å². The number of rotatable bonds is 0. The van der Waals surface area contributed by atoms with Crippen molar-refractivity contribution >= 4 is 22.6 Å². The van der Waals surface area contributed by atoms with Gasteiger partial charge >= 0.3 is 0 Å². The van der Waals surface area contributed by atoms with Crippen molar-refractivity contribution in [3.8, 4) is 0 Å². The quantitative estimate of drug-likeness (QED) is 0.364. The molecule has 7 heavy (non-hydrogen) atoms. The van der Waals surface area contributed by atoms with Gasteiger partial charge in [0, 0.05) is 0 Å². The molecule has 0 aromatic carbocycles. The molecule has 0 bridgehead atoms. The van der Waals surface area contributed by atoms with E-state index < -0.39 is 0 Å². The third kappa shape index (κ3) is 1.95. The molecule has 1 fully saturated rings. The molecule has 0 aliphatic carbocycles. The molecule has 0 aromatic rings. The normalized spacial score (nSPS) is 33.0. The van der Waals surface area contributed by atoms with Gasteiger partial charge in [-0.3, -0.25) is 0 Å². The Kier molecular flexibility index (Phi) is 2.38. The van der Waals surface area contributed by atoms with E-state index >= 15 is 0 Å². The van der Waals surface area contributed by atoms with Gasteiger partial charge in [-0.1, -0.05) is 22.6 Å². The van der Waals surface area contributed by atoms with Gasteiger partial charge in [-0.2, -0.15) is 0 Å². The topological polar surface area (TPSA) is 12.0 Å². The maximum absolute atomic E-state index is 3.37. The maximum atomic E-state index is 3.37. The highest BCUT2D eigenvalue weighted by atomic mass is 127. The predicted octanol–water partition coefficient (Wildman–Crippen LogP) is 1.52. The van der Waals surface area contributed by atoms with E-state index in [4.69, 9.17) is 0 Å². The lowest BCUT2D eigenvalue weighted by molar-refractivity contribution is 0.505. The summed E-state index contributed by atoms with van der Waals surface area (Å²) >= 11 is 2.45. The molecule has 0 spiro atoms. The third-order valence-corrected chi connectivity index (χ3v) is 2.31. The lowest BCUT2D eigenvalue weighted by atomic mass is 10.2. The van der Waals surface area contributed by atoms with E-state index in [1.807, 2.05) is 0 Å². The molecule has 1 atom stereocenters.